The van der Waals surface area contributed by atoms with Crippen LogP contribution < -0.4 is 10.6 Å². The molecular weight excluding hydrogens is 316 g/mol. The molecule has 7 nitrogen and oxygen atoms in total. The fourth-order valence-corrected chi connectivity index (χ4v) is 2.86. The maximum Gasteiger partial charge on any atom is 0.194 e. The van der Waals surface area contributed by atoms with Gasteiger partial charge in [-0.2, -0.15) is 0 Å². The summed E-state index contributed by atoms with van der Waals surface area (Å²) in [4.78, 5) is 9.54. The molecule has 0 amide bonds. The molecule has 2 rings (SSSR count). The molecule has 0 bridgehead atoms. The zero-order valence-electron chi connectivity index (χ0n) is 16.4. The molecule has 2 heterocycles. The van der Waals surface area contributed by atoms with E-state index >= 15 is 0 Å². The summed E-state index contributed by atoms with van der Waals surface area (Å²) in [6.45, 7) is 18.0. The van der Waals surface area contributed by atoms with Gasteiger partial charge in [0.25, 0.3) is 0 Å². The highest BCUT2D eigenvalue weighted by Crippen LogP contribution is 2.09. The maximum absolute atomic E-state index is 5.15. The van der Waals surface area contributed by atoms with Gasteiger partial charge in [0, 0.05) is 57.4 Å². The highest BCUT2D eigenvalue weighted by atomic mass is 16.5. The number of aliphatic imine (C=N–C) groups is 1. The normalized spacial score (nSPS) is 17.2. The Kier molecular flexibility index (Phi) is 7.25. The van der Waals surface area contributed by atoms with Gasteiger partial charge in [-0.15, -0.1) is 0 Å². The van der Waals surface area contributed by atoms with Crippen molar-refractivity contribution in [1.29, 1.82) is 0 Å². The second-order valence-corrected chi connectivity index (χ2v) is 7.60. The summed E-state index contributed by atoms with van der Waals surface area (Å²) in [6.07, 6.45) is 0. The summed E-state index contributed by atoms with van der Waals surface area (Å²) in [6, 6.07) is 2.01. The molecule has 142 valence electrons. The summed E-state index contributed by atoms with van der Waals surface area (Å²) in [5.74, 6) is 1.90. The van der Waals surface area contributed by atoms with Crippen LogP contribution in [0.3, 0.4) is 0 Å². The molecule has 0 aliphatic carbocycles. The number of nitrogens with one attached hydrogen (secondary N) is 2. The Morgan fingerprint density at radius 2 is 2.00 bits per heavy atom. The minimum absolute atomic E-state index is 0.138. The van der Waals surface area contributed by atoms with Gasteiger partial charge in [-0.1, -0.05) is 5.16 Å². The van der Waals surface area contributed by atoms with Crippen molar-refractivity contribution in [3.05, 3.63) is 17.5 Å². The average Bonchev–Trinajstić information content (AvgIpc) is 2.95. The van der Waals surface area contributed by atoms with Crippen molar-refractivity contribution < 1.29 is 4.52 Å². The third kappa shape index (κ3) is 7.04. The Morgan fingerprint density at radius 1 is 1.28 bits per heavy atom. The first-order chi connectivity index (χ1) is 11.9. The van der Waals surface area contributed by atoms with Crippen molar-refractivity contribution in [3.63, 3.8) is 0 Å². The van der Waals surface area contributed by atoms with Crippen molar-refractivity contribution in [3.8, 4) is 0 Å². The highest BCUT2D eigenvalue weighted by Gasteiger charge is 2.20. The van der Waals surface area contributed by atoms with Crippen LogP contribution in [0.15, 0.2) is 15.6 Å². The lowest BCUT2D eigenvalue weighted by atomic mass is 10.1. The van der Waals surface area contributed by atoms with Gasteiger partial charge in [0.1, 0.15) is 5.76 Å². The topological polar surface area (TPSA) is 68.9 Å². The minimum Gasteiger partial charge on any atom is -0.361 e. The fourth-order valence-electron chi connectivity index (χ4n) is 2.86. The first-order valence-electron chi connectivity index (χ1n) is 9.30. The van der Waals surface area contributed by atoms with Gasteiger partial charge in [0.15, 0.2) is 5.96 Å². The number of aromatic nitrogens is 1. The van der Waals surface area contributed by atoms with Crippen molar-refractivity contribution >= 4 is 5.96 Å². The first kappa shape index (κ1) is 19.7. The van der Waals surface area contributed by atoms with E-state index in [4.69, 9.17) is 9.52 Å². The predicted octanol–water partition coefficient (Wildman–Crippen LogP) is 1.45. The molecule has 2 N–H and O–H groups in total. The van der Waals surface area contributed by atoms with Crippen LogP contribution in [0.5, 0.6) is 0 Å². The molecule has 0 spiro atoms. The van der Waals surface area contributed by atoms with E-state index in [9.17, 15) is 0 Å². The molecule has 0 saturated carbocycles. The lowest BCUT2D eigenvalue weighted by molar-refractivity contribution is 0.169. The van der Waals surface area contributed by atoms with Gasteiger partial charge >= 0.3 is 0 Å². The van der Waals surface area contributed by atoms with Gasteiger partial charge in [-0.25, -0.2) is 0 Å². The van der Waals surface area contributed by atoms with Gasteiger partial charge in [0.2, 0.25) is 0 Å². The molecule has 1 aromatic rings. The van der Waals surface area contributed by atoms with Crippen molar-refractivity contribution in [2.45, 2.75) is 46.7 Å². The second kappa shape index (κ2) is 9.20. The number of nitrogens with zero attached hydrogens (tertiary/aromatic N) is 4. The summed E-state index contributed by atoms with van der Waals surface area (Å²) < 4.78 is 5.15. The van der Waals surface area contributed by atoms with Crippen molar-refractivity contribution in [2.24, 2.45) is 4.99 Å². The predicted molar refractivity (Wildman–Crippen MR) is 102 cm³/mol. The van der Waals surface area contributed by atoms with Crippen molar-refractivity contribution in [1.82, 2.24) is 25.6 Å². The third-order valence-corrected chi connectivity index (χ3v) is 4.10. The maximum atomic E-state index is 5.15. The lowest BCUT2D eigenvalue weighted by Gasteiger charge is -2.36. The van der Waals surface area contributed by atoms with Crippen LogP contribution >= 0.6 is 0 Å². The quantitative estimate of drug-likeness (QED) is 0.460. The van der Waals surface area contributed by atoms with Crippen LogP contribution in [-0.2, 0) is 6.54 Å². The monoisotopic (exact) mass is 350 g/mol. The van der Waals surface area contributed by atoms with Gasteiger partial charge < -0.3 is 20.1 Å². The molecule has 0 aromatic carbocycles. The SMILES string of the molecule is CCNC(=NCCNC(C)(C)C)N1CCN(Cc2cc(C)on2)CC1. The van der Waals surface area contributed by atoms with Crippen molar-refractivity contribution in [2.75, 3.05) is 45.8 Å². The number of piperazine rings is 1. The Balaban J connectivity index is 1.80. The molecule has 25 heavy (non-hydrogen) atoms. The molecule has 1 aromatic heterocycles. The summed E-state index contributed by atoms with van der Waals surface area (Å²) in [7, 11) is 0. The molecule has 0 atom stereocenters. The molecule has 1 aliphatic heterocycles. The molecule has 0 radical (unpaired) electrons. The van der Waals surface area contributed by atoms with E-state index in [1.54, 1.807) is 0 Å². The van der Waals surface area contributed by atoms with E-state index in [0.29, 0.717) is 0 Å². The van der Waals surface area contributed by atoms with Crippen LogP contribution in [0.1, 0.15) is 39.1 Å². The zero-order valence-corrected chi connectivity index (χ0v) is 16.4. The number of hydrogen-bond acceptors (Lipinski definition) is 5. The second-order valence-electron chi connectivity index (χ2n) is 7.60. The van der Waals surface area contributed by atoms with E-state index in [1.165, 1.54) is 0 Å². The Morgan fingerprint density at radius 3 is 2.56 bits per heavy atom. The molecule has 1 aliphatic rings. The number of rotatable bonds is 6. The molecule has 1 fully saturated rings. The van der Waals surface area contributed by atoms with Gasteiger partial charge in [-0.05, 0) is 34.6 Å². The smallest absolute Gasteiger partial charge is 0.194 e. The minimum atomic E-state index is 0.138. The van der Waals surface area contributed by atoms with E-state index in [0.717, 1.165) is 69.8 Å². The molecular formula is C18H34N6O. The van der Waals surface area contributed by atoms with Crippen LogP contribution in [0, 0.1) is 6.92 Å². The lowest BCUT2D eigenvalue weighted by Crippen LogP contribution is -2.52. The van der Waals surface area contributed by atoms with E-state index in [-0.39, 0.29) is 5.54 Å². The zero-order chi connectivity index (χ0) is 18.3. The number of aryl methyl sites for hydroxylation is 1. The Bertz CT molecular complexity index is 540. The summed E-state index contributed by atoms with van der Waals surface area (Å²) in [5, 5.41) is 11.0. The third-order valence-electron chi connectivity index (χ3n) is 4.10. The fraction of sp³-hybridized carbons (Fsp3) is 0.778. The molecule has 7 heteroatoms. The summed E-state index contributed by atoms with van der Waals surface area (Å²) >= 11 is 0. The van der Waals surface area contributed by atoms with E-state index in [1.807, 2.05) is 13.0 Å². The van der Waals surface area contributed by atoms with Crippen LogP contribution in [0.25, 0.3) is 0 Å². The average molecular weight is 351 g/mol. The van der Waals surface area contributed by atoms with E-state index < -0.39 is 0 Å². The molecule has 0 unspecified atom stereocenters. The Hall–Kier alpha value is -1.60. The largest absolute Gasteiger partial charge is 0.361 e. The standard InChI is InChI=1S/C18H34N6O/c1-6-19-17(20-7-8-21-18(3,4)5)24-11-9-23(10-12-24)14-16-13-15(2)25-22-16/h13,21H,6-12,14H2,1-5H3,(H,19,20). The number of guanidine groups is 1. The number of hydrogen-bond donors (Lipinski definition) is 2. The van der Waals surface area contributed by atoms with E-state index in [2.05, 4.69) is 53.3 Å². The van der Waals surface area contributed by atoms with Crippen LogP contribution in [-0.4, -0.2) is 72.3 Å². The first-order valence-corrected chi connectivity index (χ1v) is 9.30. The Labute approximate surface area is 151 Å². The van der Waals surface area contributed by atoms with Crippen LogP contribution in [0.2, 0.25) is 0 Å². The molecule has 1 saturated heterocycles. The van der Waals surface area contributed by atoms with Crippen LogP contribution in [0.4, 0.5) is 0 Å². The summed E-state index contributed by atoms with van der Waals surface area (Å²) in [5.41, 5.74) is 1.15. The highest BCUT2D eigenvalue weighted by molar-refractivity contribution is 5.80. The van der Waals surface area contributed by atoms with Gasteiger partial charge in [-0.3, -0.25) is 9.89 Å². The van der Waals surface area contributed by atoms with Gasteiger partial charge in [0.05, 0.1) is 12.2 Å².